The summed E-state index contributed by atoms with van der Waals surface area (Å²) in [6, 6.07) is 16.2. The van der Waals surface area contributed by atoms with E-state index in [1.807, 2.05) is 0 Å². The molecule has 0 aliphatic carbocycles. The highest BCUT2D eigenvalue weighted by Gasteiger charge is 2.36. The van der Waals surface area contributed by atoms with Gasteiger partial charge in [0.15, 0.2) is 22.4 Å². The van der Waals surface area contributed by atoms with Crippen LogP contribution < -0.4 is 24.4 Å². The number of rotatable bonds is 8. The minimum absolute atomic E-state index is 0.0310. The molecule has 1 saturated heterocycles. The van der Waals surface area contributed by atoms with Gasteiger partial charge < -0.3 is 19.5 Å². The second-order valence-corrected chi connectivity index (χ2v) is 9.69. The Kier molecular flexibility index (Phi) is 8.46. The molecule has 0 unspecified atom stereocenters. The fourth-order valence-corrected chi connectivity index (χ4v) is 4.93. The molecule has 3 aromatic carbocycles. The molecule has 1 heterocycles. The third-order valence-corrected chi connectivity index (χ3v) is 6.75. The van der Waals surface area contributed by atoms with Crippen LogP contribution in [0.5, 0.6) is 17.2 Å². The number of nitrogens with zero attached hydrogens (tertiary/aromatic N) is 1. The van der Waals surface area contributed by atoms with Gasteiger partial charge in [0.2, 0.25) is 0 Å². The van der Waals surface area contributed by atoms with Gasteiger partial charge in [-0.25, -0.2) is 0 Å². The quantitative estimate of drug-likeness (QED) is 0.256. The second kappa shape index (κ2) is 11.8. The van der Waals surface area contributed by atoms with E-state index in [9.17, 15) is 22.8 Å². The fourth-order valence-electron chi connectivity index (χ4n) is 3.63. The van der Waals surface area contributed by atoms with Gasteiger partial charge in [0.1, 0.15) is 5.75 Å². The standard InChI is InChI=1S/C27H21F3N2O5S2/c1-35-20-9-4-3-8-19(20)31-24(33)15-37-21-11-10-16(12-22(21)36-2)13-23-25(34)32(26(38)39-23)18-7-5-6-17(14-18)27(28,29)30/h3-14H,15H2,1-2H3,(H,31,33)/b23-13+. The van der Waals surface area contributed by atoms with E-state index in [0.29, 0.717) is 28.5 Å². The molecule has 1 aliphatic heterocycles. The van der Waals surface area contributed by atoms with Crippen LogP contribution in [0.1, 0.15) is 11.1 Å². The summed E-state index contributed by atoms with van der Waals surface area (Å²) in [7, 11) is 2.92. The number of methoxy groups -OCH3 is 2. The van der Waals surface area contributed by atoms with Gasteiger partial charge in [-0.2, -0.15) is 13.2 Å². The van der Waals surface area contributed by atoms with Gasteiger partial charge in [0.05, 0.1) is 36.1 Å². The van der Waals surface area contributed by atoms with Crippen molar-refractivity contribution in [2.45, 2.75) is 6.18 Å². The summed E-state index contributed by atoms with van der Waals surface area (Å²) in [6.45, 7) is -0.302. The van der Waals surface area contributed by atoms with Crippen LogP contribution in [-0.2, 0) is 15.8 Å². The Labute approximate surface area is 231 Å². The number of alkyl halides is 3. The lowest BCUT2D eigenvalue weighted by Crippen LogP contribution is -2.27. The van der Waals surface area contributed by atoms with Crippen molar-refractivity contribution in [1.82, 2.24) is 0 Å². The van der Waals surface area contributed by atoms with Crippen molar-refractivity contribution in [2.24, 2.45) is 0 Å². The molecule has 0 saturated carbocycles. The second-order valence-electron chi connectivity index (χ2n) is 8.01. The Bertz CT molecular complexity index is 1460. The van der Waals surface area contributed by atoms with Gasteiger partial charge in [-0.15, -0.1) is 0 Å². The van der Waals surface area contributed by atoms with Gasteiger partial charge in [-0.3, -0.25) is 14.5 Å². The minimum Gasteiger partial charge on any atom is -0.495 e. The van der Waals surface area contributed by atoms with Crippen molar-refractivity contribution in [2.75, 3.05) is 31.0 Å². The molecule has 7 nitrogen and oxygen atoms in total. The molecule has 12 heteroatoms. The third-order valence-electron chi connectivity index (χ3n) is 5.45. The SMILES string of the molecule is COc1ccccc1NC(=O)COc1ccc(/C=C2/SC(=S)N(c3cccc(C(F)(F)F)c3)C2=O)cc1OC. The van der Waals surface area contributed by atoms with Gasteiger partial charge in [-0.1, -0.05) is 48.2 Å². The molecule has 0 atom stereocenters. The summed E-state index contributed by atoms with van der Waals surface area (Å²) < 4.78 is 55.8. The Hall–Kier alpha value is -4.03. The molecule has 0 spiro atoms. The number of thioether (sulfide) groups is 1. The average molecular weight is 575 g/mol. The smallest absolute Gasteiger partial charge is 0.416 e. The Morgan fingerprint density at radius 1 is 1.00 bits per heavy atom. The lowest BCUT2D eigenvalue weighted by molar-refractivity contribution is -0.137. The number of halogens is 3. The first-order valence-electron chi connectivity index (χ1n) is 11.3. The summed E-state index contributed by atoms with van der Waals surface area (Å²) in [5.74, 6) is 0.148. The number of amides is 2. The molecular formula is C27H21F3N2O5S2. The third kappa shape index (κ3) is 6.52. The van der Waals surface area contributed by atoms with E-state index in [1.165, 1.54) is 26.4 Å². The van der Waals surface area contributed by atoms with Gasteiger partial charge in [0.25, 0.3) is 11.8 Å². The van der Waals surface area contributed by atoms with E-state index >= 15 is 0 Å². The summed E-state index contributed by atoms with van der Waals surface area (Å²) in [6.07, 6.45) is -3.00. The highest BCUT2D eigenvalue weighted by molar-refractivity contribution is 8.27. The predicted octanol–water partition coefficient (Wildman–Crippen LogP) is 6.15. The normalized spacial score (nSPS) is 14.5. The van der Waals surface area contributed by atoms with Gasteiger partial charge in [0, 0.05) is 0 Å². The van der Waals surface area contributed by atoms with Crippen LogP contribution in [0, 0.1) is 0 Å². The van der Waals surface area contributed by atoms with Crippen LogP contribution in [0.4, 0.5) is 24.5 Å². The molecule has 0 radical (unpaired) electrons. The predicted molar refractivity (Wildman–Crippen MR) is 147 cm³/mol. The summed E-state index contributed by atoms with van der Waals surface area (Å²) in [4.78, 5) is 26.7. The van der Waals surface area contributed by atoms with Crippen molar-refractivity contribution in [1.29, 1.82) is 0 Å². The van der Waals surface area contributed by atoms with Crippen LogP contribution >= 0.6 is 24.0 Å². The lowest BCUT2D eigenvalue weighted by atomic mass is 10.1. The van der Waals surface area contributed by atoms with Crippen LogP contribution in [0.2, 0.25) is 0 Å². The zero-order valence-corrected chi connectivity index (χ0v) is 22.2. The van der Waals surface area contributed by atoms with Gasteiger partial charge in [-0.05, 0) is 54.1 Å². The van der Waals surface area contributed by atoms with Crippen molar-refractivity contribution in [3.05, 3.63) is 82.8 Å². The number of hydrogen-bond acceptors (Lipinski definition) is 7. The van der Waals surface area contributed by atoms with Crippen LogP contribution in [-0.4, -0.2) is 37.0 Å². The van der Waals surface area contributed by atoms with E-state index in [0.717, 1.165) is 28.8 Å². The first-order valence-corrected chi connectivity index (χ1v) is 12.5. The number of nitrogens with one attached hydrogen (secondary N) is 1. The Balaban J connectivity index is 1.47. The van der Waals surface area contributed by atoms with Gasteiger partial charge >= 0.3 is 6.18 Å². The maximum Gasteiger partial charge on any atom is 0.416 e. The Morgan fingerprint density at radius 2 is 1.74 bits per heavy atom. The summed E-state index contributed by atoms with van der Waals surface area (Å²) in [5, 5.41) is 2.71. The molecule has 1 aliphatic rings. The maximum atomic E-state index is 13.1. The minimum atomic E-state index is -4.55. The molecule has 1 N–H and O–H groups in total. The summed E-state index contributed by atoms with van der Waals surface area (Å²) >= 11 is 6.25. The van der Waals surface area contributed by atoms with Crippen molar-refractivity contribution in [3.63, 3.8) is 0 Å². The molecular weight excluding hydrogens is 553 g/mol. The molecule has 4 rings (SSSR count). The first-order chi connectivity index (χ1) is 18.6. The van der Waals surface area contributed by atoms with Crippen molar-refractivity contribution >= 4 is 57.6 Å². The van der Waals surface area contributed by atoms with Crippen molar-refractivity contribution < 1.29 is 37.0 Å². The fraction of sp³-hybridized carbons (Fsp3) is 0.148. The highest BCUT2D eigenvalue weighted by Crippen LogP contribution is 2.39. The first kappa shape index (κ1) is 28.0. The van der Waals surface area contributed by atoms with Crippen LogP contribution in [0.15, 0.2) is 71.6 Å². The number of thiocarbonyl (C=S) groups is 1. The number of anilines is 2. The Morgan fingerprint density at radius 3 is 2.46 bits per heavy atom. The maximum absolute atomic E-state index is 13.1. The van der Waals surface area contributed by atoms with Crippen molar-refractivity contribution in [3.8, 4) is 17.2 Å². The molecule has 39 heavy (non-hydrogen) atoms. The average Bonchev–Trinajstić information content (AvgIpc) is 3.19. The molecule has 2 amide bonds. The molecule has 202 valence electrons. The molecule has 1 fully saturated rings. The molecule has 0 bridgehead atoms. The number of carbonyl (C=O) groups is 2. The zero-order chi connectivity index (χ0) is 28.2. The topological polar surface area (TPSA) is 77.1 Å². The molecule has 3 aromatic rings. The van der Waals surface area contributed by atoms with E-state index in [2.05, 4.69) is 5.32 Å². The number of ether oxygens (including phenoxy) is 3. The number of benzene rings is 3. The van der Waals surface area contributed by atoms with Crippen LogP contribution in [0.3, 0.4) is 0 Å². The monoisotopic (exact) mass is 574 g/mol. The largest absolute Gasteiger partial charge is 0.495 e. The van der Waals surface area contributed by atoms with E-state index in [1.54, 1.807) is 48.5 Å². The zero-order valence-electron chi connectivity index (χ0n) is 20.6. The van der Waals surface area contributed by atoms with E-state index in [-0.39, 0.29) is 21.5 Å². The highest BCUT2D eigenvalue weighted by atomic mass is 32.2. The summed E-state index contributed by atoms with van der Waals surface area (Å²) in [5.41, 5.74) is 0.207. The van der Waals surface area contributed by atoms with E-state index in [4.69, 9.17) is 26.4 Å². The number of carbonyl (C=O) groups excluding carboxylic acids is 2. The number of para-hydroxylation sites is 2. The van der Waals surface area contributed by atoms with Crippen LogP contribution in [0.25, 0.3) is 6.08 Å². The van der Waals surface area contributed by atoms with E-state index < -0.39 is 23.6 Å². The lowest BCUT2D eigenvalue weighted by Gasteiger charge is -2.16. The number of hydrogen-bond donors (Lipinski definition) is 1. The molecule has 0 aromatic heterocycles.